The maximum Gasteiger partial charge on any atom is 0.225 e. The Labute approximate surface area is 163 Å². The number of halogens is 1. The van der Waals surface area contributed by atoms with Crippen molar-refractivity contribution in [3.63, 3.8) is 0 Å². The standard InChI is InChI=1S/C20H32N2O3.ClH/c1-14(2)13-22(20(23)15(3)17-11-21-12-17)9-8-16-6-7-18(24-4)19(10-16)25-5;/h6-7,10,14-15,17,21H,8-9,11-13H2,1-5H3;1H. The van der Waals surface area contributed by atoms with E-state index < -0.39 is 0 Å². The molecule has 5 nitrogen and oxygen atoms in total. The van der Waals surface area contributed by atoms with E-state index in [0.29, 0.717) is 11.8 Å². The second-order valence-corrected chi connectivity index (χ2v) is 7.32. The Bertz CT molecular complexity index is 576. The van der Waals surface area contributed by atoms with Gasteiger partial charge in [-0.1, -0.05) is 26.8 Å². The van der Waals surface area contributed by atoms with Crippen LogP contribution >= 0.6 is 12.4 Å². The van der Waals surface area contributed by atoms with E-state index in [-0.39, 0.29) is 24.2 Å². The normalized spacial score (nSPS) is 15.0. The van der Waals surface area contributed by atoms with Gasteiger partial charge in [0, 0.05) is 19.0 Å². The van der Waals surface area contributed by atoms with Crippen LogP contribution in [0, 0.1) is 17.8 Å². The van der Waals surface area contributed by atoms with Crippen LogP contribution in [-0.4, -0.2) is 51.2 Å². The van der Waals surface area contributed by atoms with Crippen molar-refractivity contribution in [1.29, 1.82) is 0 Å². The van der Waals surface area contributed by atoms with Crippen molar-refractivity contribution in [3.05, 3.63) is 23.8 Å². The summed E-state index contributed by atoms with van der Waals surface area (Å²) >= 11 is 0. The van der Waals surface area contributed by atoms with Crippen molar-refractivity contribution in [1.82, 2.24) is 10.2 Å². The maximum absolute atomic E-state index is 12.9. The van der Waals surface area contributed by atoms with Gasteiger partial charge in [0.25, 0.3) is 0 Å². The van der Waals surface area contributed by atoms with E-state index in [2.05, 4.69) is 26.1 Å². The van der Waals surface area contributed by atoms with Gasteiger partial charge < -0.3 is 19.7 Å². The average Bonchev–Trinajstić information content (AvgIpc) is 2.55. The first-order chi connectivity index (χ1) is 12.0. The molecule has 0 bridgehead atoms. The van der Waals surface area contributed by atoms with Crippen LogP contribution in [0.25, 0.3) is 0 Å². The molecule has 0 saturated carbocycles. The van der Waals surface area contributed by atoms with Gasteiger partial charge in [0.05, 0.1) is 14.2 Å². The van der Waals surface area contributed by atoms with Gasteiger partial charge in [-0.2, -0.15) is 0 Å². The number of benzene rings is 1. The third kappa shape index (κ3) is 5.78. The lowest BCUT2D eigenvalue weighted by Crippen LogP contribution is -2.51. The number of nitrogens with one attached hydrogen (secondary N) is 1. The molecule has 0 aliphatic carbocycles. The molecular formula is C20H33ClN2O3. The Kier molecular flexibility index (Phi) is 9.23. The summed E-state index contributed by atoms with van der Waals surface area (Å²) in [6.45, 7) is 9.83. The molecule has 1 amide bonds. The third-order valence-electron chi connectivity index (χ3n) is 4.93. The lowest BCUT2D eigenvalue weighted by Gasteiger charge is -2.35. The van der Waals surface area contributed by atoms with E-state index in [9.17, 15) is 4.79 Å². The van der Waals surface area contributed by atoms with Crippen LogP contribution in [0.3, 0.4) is 0 Å². The quantitative estimate of drug-likeness (QED) is 0.711. The Hall–Kier alpha value is -1.46. The number of nitrogens with zero attached hydrogens (tertiary/aromatic N) is 1. The third-order valence-corrected chi connectivity index (χ3v) is 4.93. The van der Waals surface area contributed by atoms with Gasteiger partial charge in [-0.05, 0) is 49.0 Å². The molecule has 1 aromatic rings. The van der Waals surface area contributed by atoms with E-state index in [0.717, 1.165) is 49.7 Å². The number of carbonyl (C=O) groups excluding carboxylic acids is 1. The molecule has 0 radical (unpaired) electrons. The number of ether oxygens (including phenoxy) is 2. The molecular weight excluding hydrogens is 352 g/mol. The zero-order chi connectivity index (χ0) is 18.4. The van der Waals surface area contributed by atoms with Gasteiger partial charge >= 0.3 is 0 Å². The van der Waals surface area contributed by atoms with Gasteiger partial charge in [0.15, 0.2) is 11.5 Å². The molecule has 26 heavy (non-hydrogen) atoms. The molecule has 0 aromatic heterocycles. The Balaban J connectivity index is 0.00000338. The van der Waals surface area contributed by atoms with Crippen molar-refractivity contribution < 1.29 is 14.3 Å². The molecule has 1 heterocycles. The molecule has 148 valence electrons. The fraction of sp³-hybridized carbons (Fsp3) is 0.650. The van der Waals surface area contributed by atoms with Crippen molar-refractivity contribution >= 4 is 18.3 Å². The van der Waals surface area contributed by atoms with E-state index in [4.69, 9.17) is 9.47 Å². The fourth-order valence-electron chi connectivity index (χ4n) is 3.19. The highest BCUT2D eigenvalue weighted by Gasteiger charge is 2.31. The molecule has 1 unspecified atom stereocenters. The SMILES string of the molecule is COc1ccc(CCN(CC(C)C)C(=O)C(C)C2CNC2)cc1OC.Cl. The highest BCUT2D eigenvalue weighted by Crippen LogP contribution is 2.28. The van der Waals surface area contributed by atoms with Crippen LogP contribution < -0.4 is 14.8 Å². The number of amides is 1. The number of hydrogen-bond donors (Lipinski definition) is 1. The van der Waals surface area contributed by atoms with E-state index in [1.165, 1.54) is 0 Å². The minimum Gasteiger partial charge on any atom is -0.493 e. The molecule has 1 aliphatic heterocycles. The number of hydrogen-bond acceptors (Lipinski definition) is 4. The highest BCUT2D eigenvalue weighted by atomic mass is 35.5. The lowest BCUT2D eigenvalue weighted by molar-refractivity contribution is -0.137. The summed E-state index contributed by atoms with van der Waals surface area (Å²) in [5.41, 5.74) is 1.15. The van der Waals surface area contributed by atoms with Crippen LogP contribution in [0.5, 0.6) is 11.5 Å². The predicted molar refractivity (Wildman–Crippen MR) is 107 cm³/mol. The lowest BCUT2D eigenvalue weighted by atomic mass is 9.87. The average molecular weight is 385 g/mol. The summed E-state index contributed by atoms with van der Waals surface area (Å²) in [5, 5.41) is 3.26. The van der Waals surface area contributed by atoms with Gasteiger partial charge in [-0.15, -0.1) is 12.4 Å². The molecule has 6 heteroatoms. The Morgan fingerprint density at radius 3 is 2.35 bits per heavy atom. The first-order valence-electron chi connectivity index (χ1n) is 9.16. The van der Waals surface area contributed by atoms with Crippen LogP contribution in [0.15, 0.2) is 18.2 Å². The summed E-state index contributed by atoms with van der Waals surface area (Å²) in [7, 11) is 3.28. The van der Waals surface area contributed by atoms with Gasteiger partial charge in [-0.25, -0.2) is 0 Å². The van der Waals surface area contributed by atoms with Gasteiger partial charge in [0.1, 0.15) is 0 Å². The van der Waals surface area contributed by atoms with Crippen LogP contribution in [-0.2, 0) is 11.2 Å². The zero-order valence-electron chi connectivity index (χ0n) is 16.6. The molecule has 1 atom stereocenters. The number of carbonyl (C=O) groups is 1. The van der Waals surface area contributed by atoms with Gasteiger partial charge in [-0.3, -0.25) is 4.79 Å². The minimum atomic E-state index is 0. The van der Waals surface area contributed by atoms with E-state index >= 15 is 0 Å². The summed E-state index contributed by atoms with van der Waals surface area (Å²) in [5.74, 6) is 2.76. The number of methoxy groups -OCH3 is 2. The van der Waals surface area contributed by atoms with Gasteiger partial charge in [0.2, 0.25) is 5.91 Å². The zero-order valence-corrected chi connectivity index (χ0v) is 17.4. The molecule has 1 fully saturated rings. The maximum atomic E-state index is 12.9. The smallest absolute Gasteiger partial charge is 0.225 e. The monoisotopic (exact) mass is 384 g/mol. The molecule has 1 aliphatic rings. The summed E-state index contributed by atoms with van der Waals surface area (Å²) in [6, 6.07) is 5.96. The topological polar surface area (TPSA) is 50.8 Å². The molecule has 1 aromatic carbocycles. The Morgan fingerprint density at radius 1 is 1.19 bits per heavy atom. The number of rotatable bonds is 9. The Morgan fingerprint density at radius 2 is 1.85 bits per heavy atom. The summed E-state index contributed by atoms with van der Waals surface area (Å²) in [4.78, 5) is 14.9. The van der Waals surface area contributed by atoms with Crippen molar-refractivity contribution in [2.24, 2.45) is 17.8 Å². The second-order valence-electron chi connectivity index (χ2n) is 7.32. The minimum absolute atomic E-state index is 0. The highest BCUT2D eigenvalue weighted by molar-refractivity contribution is 5.85. The first kappa shape index (κ1) is 22.6. The molecule has 2 rings (SSSR count). The predicted octanol–water partition coefficient (Wildman–Crippen LogP) is 3.01. The van der Waals surface area contributed by atoms with Crippen LogP contribution in [0.4, 0.5) is 0 Å². The van der Waals surface area contributed by atoms with Crippen LogP contribution in [0.2, 0.25) is 0 Å². The summed E-state index contributed by atoms with van der Waals surface area (Å²) in [6.07, 6.45) is 0.814. The van der Waals surface area contributed by atoms with Crippen molar-refractivity contribution in [3.8, 4) is 11.5 Å². The molecule has 1 saturated heterocycles. The van der Waals surface area contributed by atoms with Crippen molar-refractivity contribution in [2.45, 2.75) is 27.2 Å². The first-order valence-corrected chi connectivity index (χ1v) is 9.16. The molecule has 1 N–H and O–H groups in total. The fourth-order valence-corrected chi connectivity index (χ4v) is 3.19. The summed E-state index contributed by atoms with van der Waals surface area (Å²) < 4.78 is 10.7. The largest absolute Gasteiger partial charge is 0.493 e. The van der Waals surface area contributed by atoms with E-state index in [1.807, 2.05) is 23.1 Å². The second kappa shape index (κ2) is 10.6. The molecule has 0 spiro atoms. The van der Waals surface area contributed by atoms with Crippen molar-refractivity contribution in [2.75, 3.05) is 40.4 Å². The van der Waals surface area contributed by atoms with E-state index in [1.54, 1.807) is 14.2 Å². The van der Waals surface area contributed by atoms with Crippen LogP contribution in [0.1, 0.15) is 26.3 Å².